The number of hydrogen-bond acceptors (Lipinski definition) is 3. The van der Waals surface area contributed by atoms with Crippen molar-refractivity contribution in [3.63, 3.8) is 0 Å². The number of nitriles is 2. The molecule has 0 amide bonds. The van der Waals surface area contributed by atoms with E-state index in [1.54, 1.807) is 11.8 Å². The molecule has 11 heavy (non-hydrogen) atoms. The van der Waals surface area contributed by atoms with E-state index in [-0.39, 0.29) is 5.92 Å². The van der Waals surface area contributed by atoms with Crippen molar-refractivity contribution < 1.29 is 0 Å². The molecule has 0 saturated carbocycles. The monoisotopic (exact) mass is 168 g/mol. The van der Waals surface area contributed by atoms with Crippen LogP contribution in [0.15, 0.2) is 0 Å². The minimum Gasteiger partial charge on any atom is -0.198 e. The highest BCUT2D eigenvalue weighted by Gasteiger charge is 2.05. The zero-order valence-electron chi connectivity index (χ0n) is 6.71. The highest BCUT2D eigenvalue weighted by atomic mass is 32.2. The van der Waals surface area contributed by atoms with E-state index in [1.807, 2.05) is 6.07 Å². The molecule has 3 heteroatoms. The molecule has 0 fully saturated rings. The summed E-state index contributed by atoms with van der Waals surface area (Å²) >= 11 is 1.76. The third-order valence-corrected chi connectivity index (χ3v) is 2.36. The maximum absolute atomic E-state index is 8.61. The molecule has 0 unspecified atom stereocenters. The van der Waals surface area contributed by atoms with Crippen LogP contribution in [0.25, 0.3) is 0 Å². The fourth-order valence-electron chi connectivity index (χ4n) is 0.684. The quantitative estimate of drug-likeness (QED) is 0.632. The normalized spacial score (nSPS) is 11.5. The van der Waals surface area contributed by atoms with E-state index >= 15 is 0 Å². The van der Waals surface area contributed by atoms with E-state index in [0.29, 0.717) is 6.42 Å². The van der Waals surface area contributed by atoms with Crippen molar-refractivity contribution in [1.82, 2.24) is 0 Å². The molecule has 0 rings (SSSR count). The van der Waals surface area contributed by atoms with Gasteiger partial charge >= 0.3 is 0 Å². The Morgan fingerprint density at radius 2 is 2.18 bits per heavy atom. The van der Waals surface area contributed by atoms with Crippen LogP contribution in [-0.4, -0.2) is 11.5 Å². The van der Waals surface area contributed by atoms with Gasteiger partial charge < -0.3 is 0 Å². The summed E-state index contributed by atoms with van der Waals surface area (Å²) in [6.07, 6.45) is 1.22. The van der Waals surface area contributed by atoms with Crippen molar-refractivity contribution in [3.8, 4) is 12.1 Å². The lowest BCUT2D eigenvalue weighted by atomic mass is 10.1. The Morgan fingerprint density at radius 1 is 1.45 bits per heavy atom. The Kier molecular flexibility index (Phi) is 6.98. The Hall–Kier alpha value is -0.670. The van der Waals surface area contributed by atoms with Crippen molar-refractivity contribution in [2.24, 2.45) is 5.92 Å². The molecule has 0 aromatic rings. The minimum absolute atomic E-state index is 0.0691. The number of rotatable bonds is 5. The van der Waals surface area contributed by atoms with Gasteiger partial charge in [-0.3, -0.25) is 0 Å². The van der Waals surface area contributed by atoms with Crippen molar-refractivity contribution in [2.45, 2.75) is 19.8 Å². The summed E-state index contributed by atoms with van der Waals surface area (Å²) in [7, 11) is 0. The van der Waals surface area contributed by atoms with E-state index in [2.05, 4.69) is 13.0 Å². The summed E-state index contributed by atoms with van der Waals surface area (Å²) in [5.41, 5.74) is 0. The molecule has 0 aliphatic rings. The second kappa shape index (κ2) is 7.44. The second-order valence-corrected chi connectivity index (χ2v) is 3.50. The van der Waals surface area contributed by atoms with Crippen LogP contribution in [0.1, 0.15) is 19.8 Å². The molecule has 0 aliphatic carbocycles. The Balaban J connectivity index is 3.45. The van der Waals surface area contributed by atoms with Gasteiger partial charge in [0.05, 0.1) is 18.1 Å². The van der Waals surface area contributed by atoms with E-state index in [0.717, 1.165) is 17.9 Å². The van der Waals surface area contributed by atoms with Crippen LogP contribution in [0.5, 0.6) is 0 Å². The van der Waals surface area contributed by atoms with Gasteiger partial charge in [-0.1, -0.05) is 6.92 Å². The minimum atomic E-state index is 0.0691. The summed E-state index contributed by atoms with van der Waals surface area (Å²) in [5, 5.41) is 16.9. The van der Waals surface area contributed by atoms with Gasteiger partial charge in [-0.25, -0.2) is 0 Å². The summed E-state index contributed by atoms with van der Waals surface area (Å²) in [4.78, 5) is 0. The van der Waals surface area contributed by atoms with Gasteiger partial charge in [0.2, 0.25) is 0 Å². The third kappa shape index (κ3) is 5.76. The Labute approximate surface area is 72.2 Å². The van der Waals surface area contributed by atoms with Crippen molar-refractivity contribution in [3.05, 3.63) is 0 Å². The molecule has 0 aliphatic heterocycles. The topological polar surface area (TPSA) is 47.6 Å². The van der Waals surface area contributed by atoms with Crippen LogP contribution >= 0.6 is 11.8 Å². The van der Waals surface area contributed by atoms with Crippen molar-refractivity contribution in [2.75, 3.05) is 11.5 Å². The van der Waals surface area contributed by atoms with Gasteiger partial charge in [0.15, 0.2) is 0 Å². The molecular formula is C8H12N2S. The van der Waals surface area contributed by atoms with Gasteiger partial charge in [-0.05, 0) is 12.2 Å². The maximum atomic E-state index is 8.61. The summed E-state index contributed by atoms with van der Waals surface area (Å²) in [5.74, 6) is 1.99. The maximum Gasteiger partial charge on any atom is 0.0664 e. The first-order valence-corrected chi connectivity index (χ1v) is 4.85. The fraction of sp³-hybridized carbons (Fsp3) is 0.750. The standard InChI is InChI=1S/C8H12N2S/c1-2-11-7-8(6-10)4-3-5-9/h8H,2-4,7H2,1H3/t8-/m1/s1. The predicted octanol–water partition coefficient (Wildman–Crippen LogP) is 2.18. The fourth-order valence-corrected chi connectivity index (χ4v) is 1.45. The molecule has 0 radical (unpaired) electrons. The van der Waals surface area contributed by atoms with Crippen molar-refractivity contribution >= 4 is 11.8 Å². The lowest BCUT2D eigenvalue weighted by molar-refractivity contribution is 0.685. The van der Waals surface area contributed by atoms with Crippen LogP contribution in [0.3, 0.4) is 0 Å². The van der Waals surface area contributed by atoms with E-state index in [9.17, 15) is 0 Å². The average Bonchev–Trinajstić information content (AvgIpc) is 2.05. The first-order chi connectivity index (χ1) is 5.35. The van der Waals surface area contributed by atoms with Crippen LogP contribution < -0.4 is 0 Å². The molecule has 1 atom stereocenters. The molecular weight excluding hydrogens is 156 g/mol. The molecule has 0 aromatic heterocycles. The zero-order chi connectivity index (χ0) is 8.53. The van der Waals surface area contributed by atoms with Gasteiger partial charge in [0.25, 0.3) is 0 Å². The summed E-state index contributed by atoms with van der Waals surface area (Å²) < 4.78 is 0. The first kappa shape index (κ1) is 10.3. The highest BCUT2D eigenvalue weighted by molar-refractivity contribution is 7.99. The largest absolute Gasteiger partial charge is 0.198 e. The lowest BCUT2D eigenvalue weighted by Gasteiger charge is -2.03. The number of thioether (sulfide) groups is 1. The smallest absolute Gasteiger partial charge is 0.0664 e. The molecule has 0 spiro atoms. The van der Waals surface area contributed by atoms with Crippen LogP contribution in [0.2, 0.25) is 0 Å². The number of nitrogens with zero attached hydrogens (tertiary/aromatic N) is 2. The molecule has 0 saturated heterocycles. The summed E-state index contributed by atoms with van der Waals surface area (Å²) in [6, 6.07) is 4.25. The third-order valence-electron chi connectivity index (χ3n) is 1.31. The predicted molar refractivity (Wildman–Crippen MR) is 46.9 cm³/mol. The average molecular weight is 168 g/mol. The second-order valence-electron chi connectivity index (χ2n) is 2.18. The van der Waals surface area contributed by atoms with Gasteiger partial charge in [-0.15, -0.1) is 0 Å². The van der Waals surface area contributed by atoms with Gasteiger partial charge in [0.1, 0.15) is 0 Å². The zero-order valence-corrected chi connectivity index (χ0v) is 7.52. The highest BCUT2D eigenvalue weighted by Crippen LogP contribution is 2.12. The van der Waals surface area contributed by atoms with Crippen LogP contribution in [0, 0.1) is 28.6 Å². The molecule has 0 aromatic carbocycles. The molecule has 0 bridgehead atoms. The van der Waals surface area contributed by atoms with E-state index in [4.69, 9.17) is 10.5 Å². The summed E-state index contributed by atoms with van der Waals surface area (Å²) in [6.45, 7) is 2.07. The molecule has 0 heterocycles. The Bertz CT molecular complexity index is 166. The van der Waals surface area contributed by atoms with Gasteiger partial charge in [0, 0.05) is 12.2 Å². The number of hydrogen-bond donors (Lipinski definition) is 0. The van der Waals surface area contributed by atoms with E-state index < -0.39 is 0 Å². The SMILES string of the molecule is CCSC[C@@H](C#N)CCC#N. The lowest BCUT2D eigenvalue weighted by Crippen LogP contribution is -2.00. The molecule has 2 nitrogen and oxygen atoms in total. The van der Waals surface area contributed by atoms with Crippen molar-refractivity contribution in [1.29, 1.82) is 10.5 Å². The first-order valence-electron chi connectivity index (χ1n) is 3.69. The molecule has 0 N–H and O–H groups in total. The van der Waals surface area contributed by atoms with Crippen LogP contribution in [-0.2, 0) is 0 Å². The van der Waals surface area contributed by atoms with Crippen LogP contribution in [0.4, 0.5) is 0 Å². The van der Waals surface area contributed by atoms with Gasteiger partial charge in [-0.2, -0.15) is 22.3 Å². The Morgan fingerprint density at radius 3 is 2.64 bits per heavy atom. The molecule has 60 valence electrons. The van der Waals surface area contributed by atoms with E-state index in [1.165, 1.54) is 0 Å².